The molecule has 3 heteroatoms. The van der Waals surface area contributed by atoms with Crippen LogP contribution in [-0.2, 0) is 0 Å². The minimum atomic E-state index is -0.699. The monoisotopic (exact) mass is 197 g/mol. The summed E-state index contributed by atoms with van der Waals surface area (Å²) in [5.41, 5.74) is 5.96. The van der Waals surface area contributed by atoms with Crippen molar-refractivity contribution in [2.24, 2.45) is 5.73 Å². The maximum absolute atomic E-state index is 11.8. The molecule has 0 aliphatic carbocycles. The molecule has 1 aromatic heterocycles. The van der Waals surface area contributed by atoms with E-state index in [9.17, 15) is 4.79 Å². The summed E-state index contributed by atoms with van der Waals surface area (Å²) in [6.07, 6.45) is 1.67. The summed E-state index contributed by atoms with van der Waals surface area (Å²) in [6, 6.07) is 1.83. The summed E-state index contributed by atoms with van der Waals surface area (Å²) in [4.78, 5) is 11.8. The van der Waals surface area contributed by atoms with Crippen LogP contribution in [0.5, 0.6) is 0 Å². The highest BCUT2D eigenvalue weighted by molar-refractivity contribution is 7.08. The molecule has 0 aliphatic heterocycles. The van der Waals surface area contributed by atoms with E-state index in [-0.39, 0.29) is 5.78 Å². The maximum atomic E-state index is 11.8. The zero-order chi connectivity index (χ0) is 9.90. The van der Waals surface area contributed by atoms with Gasteiger partial charge in [0.2, 0.25) is 0 Å². The normalized spacial score (nSPS) is 15.3. The van der Waals surface area contributed by atoms with E-state index < -0.39 is 5.54 Å². The quantitative estimate of drug-likeness (QED) is 0.753. The molecule has 13 heavy (non-hydrogen) atoms. The van der Waals surface area contributed by atoms with Gasteiger partial charge < -0.3 is 5.73 Å². The second kappa shape index (κ2) is 4.03. The summed E-state index contributed by atoms with van der Waals surface area (Å²) < 4.78 is 0. The minimum absolute atomic E-state index is 0.0515. The summed E-state index contributed by atoms with van der Waals surface area (Å²) >= 11 is 1.53. The third-order valence-corrected chi connectivity index (χ3v) is 2.75. The fourth-order valence-corrected chi connectivity index (χ4v) is 1.99. The van der Waals surface area contributed by atoms with Crippen molar-refractivity contribution in [3.05, 3.63) is 22.4 Å². The van der Waals surface area contributed by atoms with Crippen LogP contribution in [0.2, 0.25) is 0 Å². The van der Waals surface area contributed by atoms with Crippen LogP contribution < -0.4 is 5.73 Å². The van der Waals surface area contributed by atoms with Crippen LogP contribution in [0.4, 0.5) is 0 Å². The highest BCUT2D eigenvalue weighted by atomic mass is 32.1. The van der Waals surface area contributed by atoms with E-state index in [0.717, 1.165) is 18.4 Å². The molecule has 0 saturated carbocycles. The minimum Gasteiger partial charge on any atom is -0.319 e. The largest absolute Gasteiger partial charge is 0.319 e. The number of thiophene rings is 1. The number of hydrogen-bond acceptors (Lipinski definition) is 3. The molecule has 2 nitrogen and oxygen atoms in total. The SMILES string of the molecule is CCCC(C)(N)C(=O)c1ccsc1. The summed E-state index contributed by atoms with van der Waals surface area (Å²) in [7, 11) is 0. The first-order valence-corrected chi connectivity index (χ1v) is 5.38. The Bertz CT molecular complexity index is 277. The first-order chi connectivity index (χ1) is 6.08. The van der Waals surface area contributed by atoms with Crippen molar-refractivity contribution in [2.45, 2.75) is 32.2 Å². The Hall–Kier alpha value is -0.670. The van der Waals surface area contributed by atoms with E-state index >= 15 is 0 Å². The number of ketones is 1. The predicted molar refractivity (Wildman–Crippen MR) is 56.1 cm³/mol. The van der Waals surface area contributed by atoms with E-state index in [1.54, 1.807) is 6.92 Å². The molecule has 0 radical (unpaired) electrons. The van der Waals surface area contributed by atoms with E-state index in [0.29, 0.717) is 0 Å². The molecule has 0 aliphatic rings. The van der Waals surface area contributed by atoms with Crippen LogP contribution in [0.15, 0.2) is 16.8 Å². The molecule has 1 rings (SSSR count). The second-order valence-electron chi connectivity index (χ2n) is 3.51. The van der Waals surface area contributed by atoms with E-state index in [2.05, 4.69) is 0 Å². The highest BCUT2D eigenvalue weighted by Gasteiger charge is 2.28. The third-order valence-electron chi connectivity index (χ3n) is 2.07. The van der Waals surface area contributed by atoms with Gasteiger partial charge in [-0.15, -0.1) is 0 Å². The standard InChI is InChI=1S/C10H15NOS/c1-3-5-10(2,11)9(12)8-4-6-13-7-8/h4,6-7H,3,5,11H2,1-2H3. The molecule has 0 aromatic carbocycles. The molecule has 1 atom stereocenters. The lowest BCUT2D eigenvalue weighted by atomic mass is 9.89. The van der Waals surface area contributed by atoms with Crippen molar-refractivity contribution in [1.82, 2.24) is 0 Å². The molecule has 2 N–H and O–H groups in total. The molecule has 0 fully saturated rings. The van der Waals surface area contributed by atoms with Gasteiger partial charge in [0, 0.05) is 10.9 Å². The van der Waals surface area contributed by atoms with Crippen molar-refractivity contribution in [3.63, 3.8) is 0 Å². The lowest BCUT2D eigenvalue weighted by Crippen LogP contribution is -2.44. The van der Waals surface area contributed by atoms with Crippen LogP contribution >= 0.6 is 11.3 Å². The number of nitrogens with two attached hydrogens (primary N) is 1. The molecule has 0 amide bonds. The van der Waals surface area contributed by atoms with Crippen molar-refractivity contribution >= 4 is 17.1 Å². The number of carbonyl (C=O) groups is 1. The van der Waals surface area contributed by atoms with E-state index in [1.165, 1.54) is 11.3 Å². The molecule has 72 valence electrons. The van der Waals surface area contributed by atoms with Gasteiger partial charge in [0.05, 0.1) is 5.54 Å². The Morgan fingerprint density at radius 1 is 1.69 bits per heavy atom. The Kier molecular flexibility index (Phi) is 3.22. The highest BCUT2D eigenvalue weighted by Crippen LogP contribution is 2.17. The van der Waals surface area contributed by atoms with E-state index in [1.807, 2.05) is 23.8 Å². The molecular weight excluding hydrogens is 182 g/mol. The molecule has 0 spiro atoms. The maximum Gasteiger partial charge on any atom is 0.183 e. The first kappa shape index (κ1) is 10.4. The summed E-state index contributed by atoms with van der Waals surface area (Å²) in [5.74, 6) is 0.0515. The van der Waals surface area contributed by atoms with Gasteiger partial charge in [0.25, 0.3) is 0 Å². The Balaban J connectivity index is 2.78. The predicted octanol–water partition coefficient (Wildman–Crippen LogP) is 2.45. The van der Waals surface area contributed by atoms with Crippen LogP contribution in [0.1, 0.15) is 37.0 Å². The van der Waals surface area contributed by atoms with Gasteiger partial charge in [0.1, 0.15) is 0 Å². The fourth-order valence-electron chi connectivity index (χ4n) is 1.36. The van der Waals surface area contributed by atoms with Gasteiger partial charge in [-0.05, 0) is 24.8 Å². The third kappa shape index (κ3) is 2.39. The number of rotatable bonds is 4. The van der Waals surface area contributed by atoms with Crippen LogP contribution in [0.3, 0.4) is 0 Å². The number of carbonyl (C=O) groups excluding carboxylic acids is 1. The van der Waals surface area contributed by atoms with Crippen LogP contribution in [0, 0.1) is 0 Å². The van der Waals surface area contributed by atoms with Crippen molar-refractivity contribution < 1.29 is 4.79 Å². The van der Waals surface area contributed by atoms with E-state index in [4.69, 9.17) is 5.73 Å². The van der Waals surface area contributed by atoms with Gasteiger partial charge in [-0.25, -0.2) is 0 Å². The van der Waals surface area contributed by atoms with Crippen molar-refractivity contribution in [2.75, 3.05) is 0 Å². The Morgan fingerprint density at radius 3 is 2.85 bits per heavy atom. The smallest absolute Gasteiger partial charge is 0.183 e. The van der Waals surface area contributed by atoms with Gasteiger partial charge >= 0.3 is 0 Å². The van der Waals surface area contributed by atoms with Crippen molar-refractivity contribution in [1.29, 1.82) is 0 Å². The molecular formula is C10H15NOS. The van der Waals surface area contributed by atoms with Crippen molar-refractivity contribution in [3.8, 4) is 0 Å². The average Bonchev–Trinajstić information content (AvgIpc) is 2.54. The van der Waals surface area contributed by atoms with Gasteiger partial charge in [0.15, 0.2) is 5.78 Å². The van der Waals surface area contributed by atoms with Gasteiger partial charge in [-0.1, -0.05) is 13.3 Å². The molecule has 1 unspecified atom stereocenters. The molecule has 0 bridgehead atoms. The molecule has 0 saturated heterocycles. The fraction of sp³-hybridized carbons (Fsp3) is 0.500. The first-order valence-electron chi connectivity index (χ1n) is 4.44. The summed E-state index contributed by atoms with van der Waals surface area (Å²) in [6.45, 7) is 3.84. The zero-order valence-corrected chi connectivity index (χ0v) is 8.86. The van der Waals surface area contributed by atoms with Gasteiger partial charge in [-0.3, -0.25) is 4.79 Å². The van der Waals surface area contributed by atoms with Crippen LogP contribution in [0.25, 0.3) is 0 Å². The topological polar surface area (TPSA) is 43.1 Å². The Labute approximate surface area is 82.8 Å². The zero-order valence-electron chi connectivity index (χ0n) is 8.04. The van der Waals surface area contributed by atoms with Gasteiger partial charge in [-0.2, -0.15) is 11.3 Å². The number of Topliss-reactive ketones (excluding diaryl/α,β-unsaturated/α-hetero) is 1. The summed E-state index contributed by atoms with van der Waals surface area (Å²) in [5, 5.41) is 3.75. The lowest BCUT2D eigenvalue weighted by Gasteiger charge is -2.21. The van der Waals surface area contributed by atoms with Crippen LogP contribution in [-0.4, -0.2) is 11.3 Å². The second-order valence-corrected chi connectivity index (χ2v) is 4.29. The molecule has 1 heterocycles. The molecule has 1 aromatic rings. The Morgan fingerprint density at radius 2 is 2.38 bits per heavy atom. The average molecular weight is 197 g/mol. The number of hydrogen-bond donors (Lipinski definition) is 1. The lowest BCUT2D eigenvalue weighted by molar-refractivity contribution is 0.0893.